The van der Waals surface area contributed by atoms with E-state index in [-0.39, 0.29) is 0 Å². The van der Waals surface area contributed by atoms with Crippen LogP contribution in [0.15, 0.2) is 0 Å². The molecule has 0 aliphatic rings. The van der Waals surface area contributed by atoms with Crippen molar-refractivity contribution in [2.24, 2.45) is 0 Å². The third-order valence-corrected chi connectivity index (χ3v) is 5.55. The highest BCUT2D eigenvalue weighted by molar-refractivity contribution is 9.23. The zero-order chi connectivity index (χ0) is 6.95. The van der Waals surface area contributed by atoms with Gasteiger partial charge in [0.1, 0.15) is 0 Å². The maximum atomic E-state index is 4.00. The summed E-state index contributed by atoms with van der Waals surface area (Å²) in [6.45, 7) is 2.23. The maximum absolute atomic E-state index is 4.00. The first kappa shape index (κ1) is 10.4. The van der Waals surface area contributed by atoms with Crippen LogP contribution in [0.3, 0.4) is 0 Å². The molecule has 0 aromatic heterocycles. The van der Waals surface area contributed by atoms with Crippen molar-refractivity contribution in [2.45, 2.75) is 26.2 Å². The van der Waals surface area contributed by atoms with E-state index in [9.17, 15) is 0 Å². The predicted molar refractivity (Wildman–Crippen MR) is 56.2 cm³/mol. The second-order valence-corrected chi connectivity index (χ2v) is 6.73. The molecule has 0 fully saturated rings. The highest BCUT2D eigenvalue weighted by Crippen LogP contribution is 2.37. The molecule has 0 saturated carbocycles. The van der Waals surface area contributed by atoms with Gasteiger partial charge in [0.25, 0.3) is 0 Å². The average molecular weight is 200 g/mol. The third kappa shape index (κ3) is 9.40. The molecule has 0 bridgehead atoms. The number of rotatable bonds is 6. The lowest BCUT2D eigenvalue weighted by atomic mass is 10.3. The Morgan fingerprint density at radius 3 is 2.67 bits per heavy atom. The molecule has 56 valence electrons. The molecular formula is C5H12S4. The Labute approximate surface area is 73.9 Å². The largest absolute Gasteiger partial charge is 0.0989 e. The molecule has 0 saturated heterocycles. The molecule has 0 aromatic carbocycles. The molecule has 0 spiro atoms. The topological polar surface area (TPSA) is 0 Å². The van der Waals surface area contributed by atoms with Crippen molar-refractivity contribution >= 4 is 42.1 Å². The Morgan fingerprint density at radius 1 is 1.33 bits per heavy atom. The molecule has 0 heterocycles. The molecule has 0 unspecified atom stereocenters. The number of hydrogen-bond acceptors (Lipinski definition) is 4. The van der Waals surface area contributed by atoms with Crippen LogP contribution >= 0.6 is 42.1 Å². The lowest BCUT2D eigenvalue weighted by Crippen LogP contribution is -1.74. The van der Waals surface area contributed by atoms with Crippen LogP contribution in [0.2, 0.25) is 0 Å². The summed E-state index contributed by atoms with van der Waals surface area (Å²) in [5.41, 5.74) is 0. The minimum Gasteiger partial charge on any atom is -0.0989 e. The minimum absolute atomic E-state index is 1.27. The van der Waals surface area contributed by atoms with E-state index in [1.54, 1.807) is 9.83 Å². The van der Waals surface area contributed by atoms with Gasteiger partial charge in [-0.25, -0.2) is 0 Å². The summed E-state index contributed by atoms with van der Waals surface area (Å²) >= 11 is 4.00. The van der Waals surface area contributed by atoms with Crippen molar-refractivity contribution in [3.8, 4) is 0 Å². The van der Waals surface area contributed by atoms with Crippen LogP contribution in [0.1, 0.15) is 26.2 Å². The van der Waals surface area contributed by atoms with Crippen LogP contribution in [-0.4, -0.2) is 5.75 Å². The molecular weight excluding hydrogens is 188 g/mol. The summed E-state index contributed by atoms with van der Waals surface area (Å²) < 4.78 is 0. The molecule has 0 aromatic rings. The summed E-state index contributed by atoms with van der Waals surface area (Å²) in [5, 5.41) is 0. The van der Waals surface area contributed by atoms with Crippen LogP contribution in [0.5, 0.6) is 0 Å². The van der Waals surface area contributed by atoms with E-state index in [0.29, 0.717) is 0 Å². The Balaban J connectivity index is 2.60. The SMILES string of the molecule is CCCCCSSSS. The van der Waals surface area contributed by atoms with E-state index >= 15 is 0 Å². The second kappa shape index (κ2) is 9.40. The number of unbranched alkanes of at least 4 members (excludes halogenated alkanes) is 2. The number of hydrogen-bond donors (Lipinski definition) is 1. The molecule has 0 aliphatic carbocycles. The highest BCUT2D eigenvalue weighted by atomic mass is 33.7. The zero-order valence-corrected chi connectivity index (χ0v) is 8.84. The Hall–Kier alpha value is 1.40. The van der Waals surface area contributed by atoms with Gasteiger partial charge in [-0.15, -0.1) is 0 Å². The molecule has 0 N–H and O–H groups in total. The normalized spacial score (nSPS) is 10.0. The van der Waals surface area contributed by atoms with Gasteiger partial charge in [-0.1, -0.05) is 42.2 Å². The van der Waals surface area contributed by atoms with Crippen molar-refractivity contribution in [3.63, 3.8) is 0 Å². The smallest absolute Gasteiger partial charge is 0.00454 e. The summed E-state index contributed by atoms with van der Waals surface area (Å²) in [6, 6.07) is 0. The lowest BCUT2D eigenvalue weighted by Gasteiger charge is -1.94. The van der Waals surface area contributed by atoms with E-state index in [1.165, 1.54) is 34.8 Å². The van der Waals surface area contributed by atoms with Crippen LogP contribution in [0, 0.1) is 0 Å². The first-order valence-electron chi connectivity index (χ1n) is 3.01. The van der Waals surface area contributed by atoms with Crippen LogP contribution in [-0.2, 0) is 0 Å². The number of thiol groups is 1. The molecule has 0 nitrogen and oxygen atoms in total. The van der Waals surface area contributed by atoms with Crippen LogP contribution in [0.4, 0.5) is 0 Å². The fraction of sp³-hybridized carbons (Fsp3) is 1.00. The van der Waals surface area contributed by atoms with Crippen molar-refractivity contribution < 1.29 is 0 Å². The Morgan fingerprint density at radius 2 is 2.11 bits per heavy atom. The van der Waals surface area contributed by atoms with Gasteiger partial charge in [-0.3, -0.25) is 0 Å². The quantitative estimate of drug-likeness (QED) is 0.390. The summed E-state index contributed by atoms with van der Waals surface area (Å²) in [7, 11) is 5.19. The van der Waals surface area contributed by atoms with Gasteiger partial charge in [0.05, 0.1) is 0 Å². The zero-order valence-electron chi connectivity index (χ0n) is 5.50. The van der Waals surface area contributed by atoms with E-state index in [0.717, 1.165) is 0 Å². The molecule has 0 radical (unpaired) electrons. The van der Waals surface area contributed by atoms with E-state index < -0.39 is 0 Å². The summed E-state index contributed by atoms with van der Waals surface area (Å²) in [6.07, 6.45) is 4.03. The first-order valence-corrected chi connectivity index (χ1v) is 7.72. The van der Waals surface area contributed by atoms with Crippen molar-refractivity contribution in [3.05, 3.63) is 0 Å². The van der Waals surface area contributed by atoms with E-state index in [1.807, 2.05) is 10.8 Å². The van der Waals surface area contributed by atoms with Gasteiger partial charge >= 0.3 is 0 Å². The van der Waals surface area contributed by atoms with E-state index in [2.05, 4.69) is 18.6 Å². The van der Waals surface area contributed by atoms with Crippen molar-refractivity contribution in [1.29, 1.82) is 0 Å². The second-order valence-electron chi connectivity index (χ2n) is 1.67. The lowest BCUT2D eigenvalue weighted by molar-refractivity contribution is 0.780. The van der Waals surface area contributed by atoms with Crippen LogP contribution < -0.4 is 0 Å². The van der Waals surface area contributed by atoms with Gasteiger partial charge in [0, 0.05) is 5.75 Å². The summed E-state index contributed by atoms with van der Waals surface area (Å²) in [5.74, 6) is 1.27. The fourth-order valence-corrected chi connectivity index (χ4v) is 3.75. The molecule has 0 amide bonds. The Bertz CT molecular complexity index is 42.2. The third-order valence-electron chi connectivity index (χ3n) is 0.910. The first-order chi connectivity index (χ1) is 4.41. The van der Waals surface area contributed by atoms with Crippen molar-refractivity contribution in [2.75, 3.05) is 5.75 Å². The average Bonchev–Trinajstić information content (AvgIpc) is 1.89. The monoisotopic (exact) mass is 200 g/mol. The minimum atomic E-state index is 1.27. The van der Waals surface area contributed by atoms with Gasteiger partial charge in [0.2, 0.25) is 0 Å². The van der Waals surface area contributed by atoms with Gasteiger partial charge in [-0.2, -0.15) is 0 Å². The van der Waals surface area contributed by atoms with Crippen molar-refractivity contribution in [1.82, 2.24) is 0 Å². The van der Waals surface area contributed by atoms with Gasteiger partial charge in [-0.05, 0) is 26.1 Å². The molecule has 0 aliphatic heterocycles. The maximum Gasteiger partial charge on any atom is 0.00454 e. The molecule has 0 atom stereocenters. The molecule has 9 heavy (non-hydrogen) atoms. The van der Waals surface area contributed by atoms with Crippen LogP contribution in [0.25, 0.3) is 0 Å². The van der Waals surface area contributed by atoms with Gasteiger partial charge < -0.3 is 0 Å². The standard InChI is InChI=1S/C5H12S4/c1-2-3-4-5-7-9-8-6/h6H,2-5H2,1H3. The van der Waals surface area contributed by atoms with E-state index in [4.69, 9.17) is 0 Å². The predicted octanol–water partition coefficient (Wildman–Crippen LogP) is 4.05. The highest BCUT2D eigenvalue weighted by Gasteiger charge is 1.87. The Kier molecular flexibility index (Phi) is 10.9. The van der Waals surface area contributed by atoms with Gasteiger partial charge in [0.15, 0.2) is 0 Å². The molecule has 4 heteroatoms. The summed E-state index contributed by atoms with van der Waals surface area (Å²) in [4.78, 5) is 0. The molecule has 0 rings (SSSR count). The fourth-order valence-electron chi connectivity index (χ4n) is 0.467.